The Morgan fingerprint density at radius 2 is 1.52 bits per heavy atom. The van der Waals surface area contributed by atoms with Gasteiger partial charge in [-0.1, -0.05) is 72.8 Å². The fourth-order valence-electron chi connectivity index (χ4n) is 3.33. The van der Waals surface area contributed by atoms with Crippen molar-refractivity contribution in [3.05, 3.63) is 96.6 Å². The quantitative estimate of drug-likeness (QED) is 0.373. The van der Waals surface area contributed by atoms with E-state index >= 15 is 0 Å². The van der Waals surface area contributed by atoms with Crippen LogP contribution in [-0.4, -0.2) is 17.9 Å². The van der Waals surface area contributed by atoms with Crippen molar-refractivity contribution in [2.75, 3.05) is 0 Å². The molecule has 0 radical (unpaired) electrons. The average molecular weight is 410 g/mol. The van der Waals surface area contributed by atoms with Crippen LogP contribution in [0.1, 0.15) is 12.5 Å². The topological polar surface area (TPSA) is 67.4 Å². The van der Waals surface area contributed by atoms with Crippen molar-refractivity contribution in [2.45, 2.75) is 13.0 Å². The second-order valence-corrected chi connectivity index (χ2v) is 7.15. The number of nitrogens with one attached hydrogen (secondary N) is 2. The molecule has 5 nitrogen and oxygen atoms in total. The van der Waals surface area contributed by atoms with E-state index in [2.05, 4.69) is 10.9 Å². The first-order chi connectivity index (χ1) is 15.1. The predicted molar refractivity (Wildman–Crippen MR) is 123 cm³/mol. The van der Waals surface area contributed by atoms with Crippen LogP contribution in [0.5, 0.6) is 5.75 Å². The highest BCUT2D eigenvalue weighted by Gasteiger charge is 2.15. The number of fused-ring (bicyclic) bond motifs is 2. The van der Waals surface area contributed by atoms with Gasteiger partial charge in [-0.05, 0) is 52.2 Å². The Morgan fingerprint density at radius 1 is 0.806 bits per heavy atom. The van der Waals surface area contributed by atoms with Crippen LogP contribution in [0.4, 0.5) is 0 Å². The van der Waals surface area contributed by atoms with Gasteiger partial charge in [0.2, 0.25) is 0 Å². The summed E-state index contributed by atoms with van der Waals surface area (Å²) in [6, 6.07) is 27.4. The minimum absolute atomic E-state index is 0.431. The van der Waals surface area contributed by atoms with Gasteiger partial charge < -0.3 is 4.74 Å². The molecule has 4 aromatic carbocycles. The van der Waals surface area contributed by atoms with Crippen LogP contribution in [0.25, 0.3) is 27.6 Å². The standard InChI is InChI=1S/C26H22N2O3/c1-18(31-23-15-13-19-7-2-3-9-22(19)17-23)26(30)28-27-25(29)16-14-21-11-6-10-20-8-4-5-12-24(20)21/h2-18H,1H3,(H,27,29)(H,28,30)/b16-14+/t18-/m0/s1. The van der Waals surface area contributed by atoms with Crippen LogP contribution in [0.2, 0.25) is 0 Å². The van der Waals surface area contributed by atoms with E-state index < -0.39 is 17.9 Å². The minimum atomic E-state index is -0.775. The van der Waals surface area contributed by atoms with E-state index in [-0.39, 0.29) is 0 Å². The van der Waals surface area contributed by atoms with Gasteiger partial charge in [0.1, 0.15) is 5.75 Å². The van der Waals surface area contributed by atoms with Crippen molar-refractivity contribution in [3.63, 3.8) is 0 Å². The number of rotatable bonds is 5. The first-order valence-corrected chi connectivity index (χ1v) is 10.0. The van der Waals surface area contributed by atoms with Crippen molar-refractivity contribution in [3.8, 4) is 5.75 Å². The highest BCUT2D eigenvalue weighted by molar-refractivity contribution is 5.97. The molecule has 0 spiro atoms. The zero-order valence-electron chi connectivity index (χ0n) is 17.0. The second kappa shape index (κ2) is 9.13. The third kappa shape index (κ3) is 4.90. The Labute approximate surface area is 180 Å². The lowest BCUT2D eigenvalue weighted by atomic mass is 10.0. The first kappa shape index (κ1) is 20.2. The molecule has 31 heavy (non-hydrogen) atoms. The van der Waals surface area contributed by atoms with Crippen LogP contribution in [0, 0.1) is 0 Å². The average Bonchev–Trinajstić information content (AvgIpc) is 2.81. The van der Waals surface area contributed by atoms with Gasteiger partial charge >= 0.3 is 0 Å². The van der Waals surface area contributed by atoms with Crippen molar-refractivity contribution in [1.29, 1.82) is 0 Å². The fraction of sp³-hybridized carbons (Fsp3) is 0.0769. The molecule has 0 fully saturated rings. The van der Waals surface area contributed by atoms with Crippen molar-refractivity contribution in [1.82, 2.24) is 10.9 Å². The molecule has 0 saturated heterocycles. The maximum absolute atomic E-state index is 12.3. The van der Waals surface area contributed by atoms with Crippen LogP contribution >= 0.6 is 0 Å². The monoisotopic (exact) mass is 410 g/mol. The molecule has 4 aromatic rings. The van der Waals surface area contributed by atoms with Crippen molar-refractivity contribution in [2.24, 2.45) is 0 Å². The molecular formula is C26H22N2O3. The number of hydrogen-bond acceptors (Lipinski definition) is 3. The minimum Gasteiger partial charge on any atom is -0.481 e. The Bertz CT molecular complexity index is 1270. The molecule has 0 heterocycles. The molecule has 5 heteroatoms. The molecule has 0 aliphatic carbocycles. The largest absolute Gasteiger partial charge is 0.481 e. The van der Waals surface area contributed by atoms with E-state index in [1.165, 1.54) is 6.08 Å². The number of hydrogen-bond donors (Lipinski definition) is 2. The van der Waals surface area contributed by atoms with E-state index in [9.17, 15) is 9.59 Å². The van der Waals surface area contributed by atoms with Gasteiger partial charge in [-0.25, -0.2) is 0 Å². The Hall–Kier alpha value is -4.12. The summed E-state index contributed by atoms with van der Waals surface area (Å²) in [6.07, 6.45) is 2.33. The molecule has 0 saturated carbocycles. The Morgan fingerprint density at radius 3 is 2.35 bits per heavy atom. The van der Waals surface area contributed by atoms with E-state index in [1.807, 2.05) is 84.9 Å². The third-order valence-corrected chi connectivity index (χ3v) is 4.95. The molecule has 0 unspecified atom stereocenters. The summed E-state index contributed by atoms with van der Waals surface area (Å²) in [5.74, 6) is -0.289. The van der Waals surface area contributed by atoms with Gasteiger partial charge in [0.15, 0.2) is 6.10 Å². The molecule has 4 rings (SSSR count). The highest BCUT2D eigenvalue weighted by atomic mass is 16.5. The number of ether oxygens (including phenoxy) is 1. The van der Waals surface area contributed by atoms with E-state index in [0.717, 1.165) is 27.1 Å². The summed E-state index contributed by atoms with van der Waals surface area (Å²) >= 11 is 0. The molecule has 2 N–H and O–H groups in total. The number of hydrazine groups is 1. The van der Waals surface area contributed by atoms with E-state index in [4.69, 9.17) is 4.74 Å². The number of benzene rings is 4. The normalized spacial score (nSPS) is 12.0. The van der Waals surface area contributed by atoms with Gasteiger partial charge in [-0.2, -0.15) is 0 Å². The zero-order valence-corrected chi connectivity index (χ0v) is 17.0. The maximum Gasteiger partial charge on any atom is 0.279 e. The summed E-state index contributed by atoms with van der Waals surface area (Å²) in [6.45, 7) is 1.63. The van der Waals surface area contributed by atoms with Crippen molar-refractivity contribution >= 4 is 39.4 Å². The molecule has 2 amide bonds. The lowest BCUT2D eigenvalue weighted by molar-refractivity contribution is -0.131. The smallest absolute Gasteiger partial charge is 0.279 e. The lowest BCUT2D eigenvalue weighted by Crippen LogP contribution is -2.46. The molecule has 0 bridgehead atoms. The maximum atomic E-state index is 12.3. The molecule has 154 valence electrons. The molecule has 1 atom stereocenters. The molecule has 0 aliphatic rings. The van der Waals surface area contributed by atoms with Gasteiger partial charge in [-0.3, -0.25) is 20.4 Å². The summed E-state index contributed by atoms with van der Waals surface area (Å²) in [5, 5.41) is 4.27. The number of carbonyl (C=O) groups is 2. The Balaban J connectivity index is 1.33. The van der Waals surface area contributed by atoms with Crippen LogP contribution in [-0.2, 0) is 9.59 Å². The van der Waals surface area contributed by atoms with Crippen LogP contribution in [0.3, 0.4) is 0 Å². The number of carbonyl (C=O) groups excluding carboxylic acids is 2. The summed E-state index contributed by atoms with van der Waals surface area (Å²) in [5.41, 5.74) is 5.71. The summed E-state index contributed by atoms with van der Waals surface area (Å²) in [4.78, 5) is 24.4. The summed E-state index contributed by atoms with van der Waals surface area (Å²) in [7, 11) is 0. The second-order valence-electron chi connectivity index (χ2n) is 7.15. The van der Waals surface area contributed by atoms with Crippen LogP contribution < -0.4 is 15.6 Å². The SMILES string of the molecule is C[C@H](Oc1ccc2ccccc2c1)C(=O)NNC(=O)/C=C/c1cccc2ccccc12. The Kier molecular flexibility index (Phi) is 5.94. The van der Waals surface area contributed by atoms with E-state index in [1.54, 1.807) is 13.0 Å². The highest BCUT2D eigenvalue weighted by Crippen LogP contribution is 2.21. The fourth-order valence-corrected chi connectivity index (χ4v) is 3.33. The van der Waals surface area contributed by atoms with E-state index in [0.29, 0.717) is 5.75 Å². The predicted octanol–water partition coefficient (Wildman–Crippen LogP) is 4.62. The van der Waals surface area contributed by atoms with Crippen LogP contribution in [0.15, 0.2) is 91.0 Å². The molecule has 0 aromatic heterocycles. The molecule has 0 aliphatic heterocycles. The van der Waals surface area contributed by atoms with Gasteiger partial charge in [0.05, 0.1) is 0 Å². The van der Waals surface area contributed by atoms with Gasteiger partial charge in [0.25, 0.3) is 11.8 Å². The summed E-state index contributed by atoms with van der Waals surface area (Å²) < 4.78 is 5.71. The molecular weight excluding hydrogens is 388 g/mol. The van der Waals surface area contributed by atoms with Gasteiger partial charge in [-0.15, -0.1) is 0 Å². The third-order valence-electron chi connectivity index (χ3n) is 4.95. The zero-order chi connectivity index (χ0) is 21.6. The lowest BCUT2D eigenvalue weighted by Gasteiger charge is -2.15. The first-order valence-electron chi connectivity index (χ1n) is 10.0. The number of amides is 2. The van der Waals surface area contributed by atoms with Gasteiger partial charge in [0, 0.05) is 6.08 Å². The van der Waals surface area contributed by atoms with Crippen molar-refractivity contribution < 1.29 is 14.3 Å².